The van der Waals surface area contributed by atoms with Crippen LogP contribution >= 0.6 is 11.3 Å². The van der Waals surface area contributed by atoms with E-state index < -0.39 is 5.60 Å². The van der Waals surface area contributed by atoms with Gasteiger partial charge in [0, 0.05) is 11.4 Å². The third-order valence-corrected chi connectivity index (χ3v) is 5.69. The van der Waals surface area contributed by atoms with Crippen LogP contribution in [-0.4, -0.2) is 29.4 Å². The van der Waals surface area contributed by atoms with E-state index >= 15 is 0 Å². The number of ether oxygens (including phenoxy) is 1. The summed E-state index contributed by atoms with van der Waals surface area (Å²) in [7, 11) is 0. The molecule has 2 aromatic rings. The molecule has 0 unspecified atom stereocenters. The number of thiophene rings is 1. The Morgan fingerprint density at radius 3 is 2.33 bits per heavy atom. The summed E-state index contributed by atoms with van der Waals surface area (Å²) >= 11 is 1.44. The van der Waals surface area contributed by atoms with Crippen molar-refractivity contribution in [3.05, 3.63) is 52.2 Å². The zero-order valence-electron chi connectivity index (χ0n) is 17.6. The smallest absolute Gasteiger partial charge is 0.309 e. The number of hydrogen-bond donors (Lipinski definition) is 2. The van der Waals surface area contributed by atoms with Gasteiger partial charge < -0.3 is 15.4 Å². The summed E-state index contributed by atoms with van der Waals surface area (Å²) in [5.41, 5.74) is 0.985. The van der Waals surface area contributed by atoms with Gasteiger partial charge in [0.1, 0.15) is 5.60 Å². The van der Waals surface area contributed by atoms with E-state index in [4.69, 9.17) is 4.74 Å². The molecule has 1 aromatic carbocycles. The minimum atomic E-state index is -0.487. The lowest BCUT2D eigenvalue weighted by molar-refractivity contribution is -0.161. The summed E-state index contributed by atoms with van der Waals surface area (Å²) in [5.74, 6) is -0.741. The number of hydrogen-bond acceptors (Lipinski definition) is 5. The molecule has 0 radical (unpaired) electrons. The second kappa shape index (κ2) is 9.43. The van der Waals surface area contributed by atoms with Gasteiger partial charge in [-0.25, -0.2) is 0 Å². The first kappa shape index (κ1) is 22.0. The van der Waals surface area contributed by atoms with Crippen molar-refractivity contribution in [2.75, 3.05) is 5.32 Å². The van der Waals surface area contributed by atoms with Gasteiger partial charge in [0.25, 0.3) is 11.8 Å². The van der Waals surface area contributed by atoms with E-state index in [1.807, 2.05) is 26.2 Å². The Labute approximate surface area is 181 Å². The van der Waals surface area contributed by atoms with Crippen LogP contribution in [0.5, 0.6) is 0 Å². The molecule has 1 heterocycles. The minimum Gasteiger partial charge on any atom is -0.460 e. The highest BCUT2D eigenvalue weighted by Gasteiger charge is 2.30. The molecule has 3 rings (SSSR count). The number of para-hydroxylation sites is 1. The zero-order valence-corrected chi connectivity index (χ0v) is 18.4. The molecular weight excluding hydrogens is 400 g/mol. The third kappa shape index (κ3) is 5.92. The number of anilines is 1. The number of esters is 1. The topological polar surface area (TPSA) is 84.5 Å². The van der Waals surface area contributed by atoms with Gasteiger partial charge in [-0.3, -0.25) is 14.4 Å². The molecule has 2 amide bonds. The van der Waals surface area contributed by atoms with Gasteiger partial charge in [0.2, 0.25) is 0 Å². The molecule has 1 aliphatic carbocycles. The van der Waals surface area contributed by atoms with Gasteiger partial charge in [-0.1, -0.05) is 12.1 Å². The van der Waals surface area contributed by atoms with Crippen LogP contribution in [0.4, 0.5) is 5.69 Å². The number of rotatable bonds is 5. The maximum absolute atomic E-state index is 12.9. The molecule has 1 saturated carbocycles. The first-order chi connectivity index (χ1) is 14.2. The molecule has 2 N–H and O–H groups in total. The van der Waals surface area contributed by atoms with Gasteiger partial charge in [-0.05, 0) is 70.0 Å². The Bertz CT molecular complexity index is 894. The molecule has 30 heavy (non-hydrogen) atoms. The second-order valence-corrected chi connectivity index (χ2v) is 9.35. The summed E-state index contributed by atoms with van der Waals surface area (Å²) in [6.45, 7) is 5.60. The van der Waals surface area contributed by atoms with E-state index in [0.29, 0.717) is 29.7 Å². The highest BCUT2D eigenvalue weighted by atomic mass is 32.1. The summed E-state index contributed by atoms with van der Waals surface area (Å²) in [6, 6.07) is 8.72. The number of carbonyl (C=O) groups is 3. The minimum absolute atomic E-state index is 0.00295. The van der Waals surface area contributed by atoms with Crippen molar-refractivity contribution >= 4 is 34.8 Å². The van der Waals surface area contributed by atoms with Crippen LogP contribution in [0.15, 0.2) is 41.1 Å². The quantitative estimate of drug-likeness (QED) is 0.680. The van der Waals surface area contributed by atoms with E-state index in [2.05, 4.69) is 10.6 Å². The Balaban J connectivity index is 1.57. The van der Waals surface area contributed by atoms with Crippen molar-refractivity contribution in [1.29, 1.82) is 0 Å². The monoisotopic (exact) mass is 428 g/mol. The summed E-state index contributed by atoms with van der Waals surface area (Å²) in [4.78, 5) is 37.5. The van der Waals surface area contributed by atoms with Crippen molar-refractivity contribution < 1.29 is 19.1 Å². The summed E-state index contributed by atoms with van der Waals surface area (Å²) in [5, 5.41) is 9.47. The number of amides is 2. The molecule has 0 atom stereocenters. The molecule has 1 fully saturated rings. The van der Waals surface area contributed by atoms with Gasteiger partial charge in [0.05, 0.1) is 22.7 Å². The highest BCUT2D eigenvalue weighted by Crippen LogP contribution is 2.27. The molecule has 0 bridgehead atoms. The number of nitrogens with one attached hydrogen (secondary N) is 2. The molecular formula is C23H28N2O4S. The molecule has 0 aliphatic heterocycles. The van der Waals surface area contributed by atoms with Crippen LogP contribution in [0.2, 0.25) is 0 Å². The predicted molar refractivity (Wildman–Crippen MR) is 118 cm³/mol. The van der Waals surface area contributed by atoms with Crippen molar-refractivity contribution in [2.45, 2.75) is 58.1 Å². The van der Waals surface area contributed by atoms with Crippen molar-refractivity contribution in [2.24, 2.45) is 5.92 Å². The Morgan fingerprint density at radius 2 is 1.70 bits per heavy atom. The van der Waals surface area contributed by atoms with Gasteiger partial charge in [-0.2, -0.15) is 11.3 Å². The van der Waals surface area contributed by atoms with Crippen LogP contribution < -0.4 is 10.6 Å². The predicted octanol–water partition coefficient (Wildman–Crippen LogP) is 4.63. The molecule has 7 heteroatoms. The fourth-order valence-corrected chi connectivity index (χ4v) is 4.14. The Kier molecular flexibility index (Phi) is 6.92. The molecule has 0 spiro atoms. The van der Waals surface area contributed by atoms with Crippen molar-refractivity contribution in [1.82, 2.24) is 5.32 Å². The maximum atomic E-state index is 12.9. The van der Waals surface area contributed by atoms with Crippen LogP contribution in [-0.2, 0) is 9.53 Å². The zero-order chi connectivity index (χ0) is 21.7. The van der Waals surface area contributed by atoms with Gasteiger partial charge in [0.15, 0.2) is 0 Å². The van der Waals surface area contributed by atoms with Crippen molar-refractivity contribution in [3.8, 4) is 0 Å². The Hall–Kier alpha value is -2.67. The number of benzene rings is 1. The lowest BCUT2D eigenvalue weighted by Gasteiger charge is -2.30. The SMILES string of the molecule is CC(C)(C)OC(=O)C1CCC(NC(=O)c2ccccc2NC(=O)c2ccsc2)CC1. The Morgan fingerprint density at radius 1 is 1.00 bits per heavy atom. The van der Waals surface area contributed by atoms with E-state index in [-0.39, 0.29) is 29.7 Å². The molecule has 1 aromatic heterocycles. The first-order valence-corrected chi connectivity index (χ1v) is 11.1. The molecule has 160 valence electrons. The van der Waals surface area contributed by atoms with E-state index in [1.54, 1.807) is 35.7 Å². The van der Waals surface area contributed by atoms with Crippen LogP contribution in [0, 0.1) is 5.92 Å². The van der Waals surface area contributed by atoms with Crippen LogP contribution in [0.3, 0.4) is 0 Å². The largest absolute Gasteiger partial charge is 0.460 e. The fraction of sp³-hybridized carbons (Fsp3) is 0.435. The van der Waals surface area contributed by atoms with E-state index in [9.17, 15) is 14.4 Å². The van der Waals surface area contributed by atoms with E-state index in [1.165, 1.54) is 11.3 Å². The van der Waals surface area contributed by atoms with Crippen LogP contribution in [0.1, 0.15) is 67.2 Å². The van der Waals surface area contributed by atoms with Crippen LogP contribution in [0.25, 0.3) is 0 Å². The number of carbonyl (C=O) groups excluding carboxylic acids is 3. The van der Waals surface area contributed by atoms with Gasteiger partial charge >= 0.3 is 5.97 Å². The maximum Gasteiger partial charge on any atom is 0.309 e. The summed E-state index contributed by atoms with van der Waals surface area (Å²) in [6.07, 6.45) is 2.82. The van der Waals surface area contributed by atoms with Crippen molar-refractivity contribution in [3.63, 3.8) is 0 Å². The first-order valence-electron chi connectivity index (χ1n) is 10.2. The third-order valence-electron chi connectivity index (χ3n) is 5.01. The highest BCUT2D eigenvalue weighted by molar-refractivity contribution is 7.08. The second-order valence-electron chi connectivity index (χ2n) is 8.57. The molecule has 0 saturated heterocycles. The summed E-state index contributed by atoms with van der Waals surface area (Å²) < 4.78 is 5.48. The normalized spacial score (nSPS) is 19.0. The standard InChI is InChI=1S/C23H28N2O4S/c1-23(2,3)29-22(28)15-8-10-17(11-9-15)24-21(27)18-6-4-5-7-19(18)25-20(26)16-12-13-30-14-16/h4-7,12-15,17H,8-11H2,1-3H3,(H,24,27)(H,25,26). The fourth-order valence-electron chi connectivity index (χ4n) is 3.50. The lowest BCUT2D eigenvalue weighted by Crippen LogP contribution is -2.40. The average Bonchev–Trinajstić information content (AvgIpc) is 3.22. The molecule has 6 nitrogen and oxygen atoms in total. The lowest BCUT2D eigenvalue weighted by atomic mass is 9.86. The molecule has 1 aliphatic rings. The average molecular weight is 429 g/mol. The van der Waals surface area contributed by atoms with Gasteiger partial charge in [-0.15, -0.1) is 0 Å². The van der Waals surface area contributed by atoms with E-state index in [0.717, 1.165) is 12.8 Å².